The van der Waals surface area contributed by atoms with Crippen molar-refractivity contribution in [3.8, 4) is 11.5 Å². The van der Waals surface area contributed by atoms with Crippen LogP contribution in [0.15, 0.2) is 45.6 Å². The fourth-order valence-electron chi connectivity index (χ4n) is 1.91. The summed E-state index contributed by atoms with van der Waals surface area (Å²) < 4.78 is 5.08. The van der Waals surface area contributed by atoms with Gasteiger partial charge in [0.05, 0.1) is 5.39 Å². The van der Waals surface area contributed by atoms with Gasteiger partial charge < -0.3 is 14.6 Å². The molecule has 0 radical (unpaired) electrons. The normalized spacial score (nSPS) is 10.2. The van der Waals surface area contributed by atoms with E-state index in [4.69, 9.17) is 4.42 Å². The maximum Gasteiger partial charge on any atom is 0.344 e. The first-order chi connectivity index (χ1) is 9.15. The molecule has 98 valence electrons. The van der Waals surface area contributed by atoms with Crippen molar-refractivity contribution < 1.29 is 14.6 Å². The highest BCUT2D eigenvalue weighted by molar-refractivity contribution is 6.04. The standard InChI is InChI=1S/C13H8O4.C2H6/c14-7-1-3-9-10-4-2-8(15)6-12(10)17-13(16)11(9)5-7;1-2/h1-6,14-15H;1-2H3. The Labute approximate surface area is 109 Å². The summed E-state index contributed by atoms with van der Waals surface area (Å²) in [6, 6.07) is 9.12. The summed E-state index contributed by atoms with van der Waals surface area (Å²) in [5.74, 6) is 0.0571. The lowest BCUT2D eigenvalue weighted by molar-refractivity contribution is 0.472. The zero-order valence-electron chi connectivity index (χ0n) is 10.7. The molecule has 0 saturated carbocycles. The summed E-state index contributed by atoms with van der Waals surface area (Å²) in [5.41, 5.74) is -0.206. The van der Waals surface area contributed by atoms with Crippen LogP contribution < -0.4 is 5.63 Å². The quantitative estimate of drug-likeness (QED) is 0.479. The molecule has 0 amide bonds. The lowest BCUT2D eigenvalue weighted by Gasteiger charge is -2.03. The number of hydrogen-bond donors (Lipinski definition) is 2. The van der Waals surface area contributed by atoms with E-state index < -0.39 is 5.63 Å². The van der Waals surface area contributed by atoms with Crippen molar-refractivity contribution >= 4 is 21.7 Å². The van der Waals surface area contributed by atoms with Crippen molar-refractivity contribution in [2.24, 2.45) is 0 Å². The number of fused-ring (bicyclic) bond motifs is 3. The molecule has 1 heterocycles. The van der Waals surface area contributed by atoms with Crippen LogP contribution in [0, 0.1) is 0 Å². The maximum absolute atomic E-state index is 11.7. The molecule has 0 aliphatic rings. The van der Waals surface area contributed by atoms with Crippen molar-refractivity contribution in [1.29, 1.82) is 0 Å². The van der Waals surface area contributed by atoms with Gasteiger partial charge in [-0.05, 0) is 30.3 Å². The molecular weight excluding hydrogens is 244 g/mol. The minimum absolute atomic E-state index is 0.0166. The van der Waals surface area contributed by atoms with Gasteiger partial charge in [0.15, 0.2) is 0 Å². The van der Waals surface area contributed by atoms with Gasteiger partial charge in [0.2, 0.25) is 0 Å². The predicted octanol–water partition coefficient (Wildman–Crippen LogP) is 3.38. The molecule has 1 aromatic heterocycles. The predicted molar refractivity (Wildman–Crippen MR) is 74.7 cm³/mol. The Morgan fingerprint density at radius 3 is 2.11 bits per heavy atom. The van der Waals surface area contributed by atoms with Gasteiger partial charge in [0, 0.05) is 16.8 Å². The Morgan fingerprint density at radius 1 is 0.842 bits per heavy atom. The van der Waals surface area contributed by atoms with E-state index in [1.165, 1.54) is 24.3 Å². The average Bonchev–Trinajstić information content (AvgIpc) is 2.41. The average molecular weight is 258 g/mol. The van der Waals surface area contributed by atoms with Crippen molar-refractivity contribution in [3.63, 3.8) is 0 Å². The zero-order valence-corrected chi connectivity index (χ0v) is 10.7. The van der Waals surface area contributed by atoms with Crippen molar-refractivity contribution in [3.05, 3.63) is 46.8 Å². The topological polar surface area (TPSA) is 70.7 Å². The second-order valence-electron chi connectivity index (χ2n) is 3.80. The third-order valence-corrected chi connectivity index (χ3v) is 2.68. The van der Waals surface area contributed by atoms with E-state index in [1.807, 2.05) is 13.8 Å². The third kappa shape index (κ3) is 2.25. The van der Waals surface area contributed by atoms with Crippen LogP contribution in [0.5, 0.6) is 11.5 Å². The number of aromatic hydroxyl groups is 2. The Bertz CT molecular complexity index is 787. The number of rotatable bonds is 0. The maximum atomic E-state index is 11.7. The number of phenols is 2. The second kappa shape index (κ2) is 5.02. The Morgan fingerprint density at radius 2 is 1.42 bits per heavy atom. The van der Waals surface area contributed by atoms with Crippen LogP contribution in [0.4, 0.5) is 0 Å². The van der Waals surface area contributed by atoms with Gasteiger partial charge in [-0.2, -0.15) is 0 Å². The van der Waals surface area contributed by atoms with Crippen LogP contribution in [0.1, 0.15) is 13.8 Å². The van der Waals surface area contributed by atoms with Gasteiger partial charge in [0.1, 0.15) is 17.1 Å². The van der Waals surface area contributed by atoms with Crippen LogP contribution in [0.3, 0.4) is 0 Å². The van der Waals surface area contributed by atoms with Gasteiger partial charge in [-0.25, -0.2) is 4.79 Å². The lowest BCUT2D eigenvalue weighted by Crippen LogP contribution is -1.99. The number of phenolic OH excluding ortho intramolecular Hbond substituents is 2. The molecule has 0 fully saturated rings. The summed E-state index contributed by atoms with van der Waals surface area (Å²) >= 11 is 0. The summed E-state index contributed by atoms with van der Waals surface area (Å²) in [6.45, 7) is 4.00. The highest BCUT2D eigenvalue weighted by Crippen LogP contribution is 2.27. The van der Waals surface area contributed by atoms with E-state index in [2.05, 4.69) is 0 Å². The fourth-order valence-corrected chi connectivity index (χ4v) is 1.91. The molecule has 2 N–H and O–H groups in total. The summed E-state index contributed by atoms with van der Waals surface area (Å²) in [5, 5.41) is 20.4. The second-order valence-corrected chi connectivity index (χ2v) is 3.80. The highest BCUT2D eigenvalue weighted by Gasteiger charge is 2.08. The van der Waals surface area contributed by atoms with E-state index in [-0.39, 0.29) is 11.5 Å². The van der Waals surface area contributed by atoms with Gasteiger partial charge in [0.25, 0.3) is 0 Å². The molecule has 0 bridgehead atoms. The molecule has 0 spiro atoms. The summed E-state index contributed by atoms with van der Waals surface area (Å²) in [4.78, 5) is 11.7. The molecule has 0 saturated heterocycles. The van der Waals surface area contributed by atoms with Gasteiger partial charge in [-0.1, -0.05) is 13.8 Å². The minimum Gasteiger partial charge on any atom is -0.508 e. The SMILES string of the molecule is CC.O=c1oc2cc(O)ccc2c2ccc(O)cc12. The Kier molecular flexibility index (Phi) is 3.42. The summed E-state index contributed by atoms with van der Waals surface area (Å²) in [7, 11) is 0. The molecule has 3 rings (SSSR count). The Balaban J connectivity index is 0.000000637. The zero-order chi connectivity index (χ0) is 14.0. The molecule has 19 heavy (non-hydrogen) atoms. The molecule has 0 unspecified atom stereocenters. The smallest absolute Gasteiger partial charge is 0.344 e. The first-order valence-electron chi connectivity index (χ1n) is 6.04. The molecule has 0 aliphatic carbocycles. The van der Waals surface area contributed by atoms with Gasteiger partial charge in [-0.15, -0.1) is 0 Å². The van der Waals surface area contributed by atoms with Crippen molar-refractivity contribution in [2.75, 3.05) is 0 Å². The Hall–Kier alpha value is -2.49. The largest absolute Gasteiger partial charge is 0.508 e. The van der Waals surface area contributed by atoms with Crippen LogP contribution in [-0.4, -0.2) is 10.2 Å². The molecule has 4 heteroatoms. The monoisotopic (exact) mass is 258 g/mol. The summed E-state index contributed by atoms with van der Waals surface area (Å²) in [6.07, 6.45) is 0. The van der Waals surface area contributed by atoms with Gasteiger partial charge >= 0.3 is 5.63 Å². The van der Waals surface area contributed by atoms with E-state index in [9.17, 15) is 15.0 Å². The number of hydrogen-bond acceptors (Lipinski definition) is 4. The molecule has 0 aliphatic heterocycles. The van der Waals surface area contributed by atoms with E-state index in [0.29, 0.717) is 16.4 Å². The van der Waals surface area contributed by atoms with Crippen molar-refractivity contribution in [1.82, 2.24) is 0 Å². The molecule has 3 aromatic rings. The fraction of sp³-hybridized carbons (Fsp3) is 0.133. The van der Waals surface area contributed by atoms with E-state index >= 15 is 0 Å². The third-order valence-electron chi connectivity index (χ3n) is 2.68. The minimum atomic E-state index is -0.533. The van der Waals surface area contributed by atoms with E-state index in [0.717, 1.165) is 5.39 Å². The van der Waals surface area contributed by atoms with Crippen LogP contribution >= 0.6 is 0 Å². The molecule has 0 atom stereocenters. The first kappa shape index (κ1) is 13.0. The van der Waals surface area contributed by atoms with Crippen LogP contribution in [0.2, 0.25) is 0 Å². The number of benzene rings is 2. The molecule has 2 aromatic carbocycles. The molecule has 4 nitrogen and oxygen atoms in total. The van der Waals surface area contributed by atoms with Crippen molar-refractivity contribution in [2.45, 2.75) is 13.8 Å². The van der Waals surface area contributed by atoms with E-state index in [1.54, 1.807) is 12.1 Å². The highest BCUT2D eigenvalue weighted by atomic mass is 16.4. The van der Waals surface area contributed by atoms with Gasteiger partial charge in [-0.3, -0.25) is 0 Å². The lowest BCUT2D eigenvalue weighted by atomic mass is 10.1. The van der Waals surface area contributed by atoms with Crippen LogP contribution in [-0.2, 0) is 0 Å². The van der Waals surface area contributed by atoms with Crippen LogP contribution in [0.25, 0.3) is 21.7 Å². The molecular formula is C15H14O4. The first-order valence-corrected chi connectivity index (χ1v) is 6.04.